The Morgan fingerprint density at radius 2 is 1.87 bits per heavy atom. The molecule has 0 saturated carbocycles. The van der Waals surface area contributed by atoms with E-state index in [-0.39, 0.29) is 38.3 Å². The van der Waals surface area contributed by atoms with Gasteiger partial charge in [-0.1, -0.05) is 12.1 Å². The molecule has 1 fully saturated rings. The minimum absolute atomic E-state index is 0.0390. The lowest BCUT2D eigenvalue weighted by Crippen LogP contribution is -2.49. The second-order valence-corrected chi connectivity index (χ2v) is 5.43. The first-order valence-electron chi connectivity index (χ1n) is 7.15. The number of carbonyl (C=O) groups excluding carboxylic acids is 2. The van der Waals surface area contributed by atoms with Crippen LogP contribution in [0, 0.1) is 5.82 Å². The highest BCUT2D eigenvalue weighted by atomic mass is 19.4. The van der Waals surface area contributed by atoms with Crippen LogP contribution >= 0.6 is 0 Å². The van der Waals surface area contributed by atoms with E-state index in [1.54, 1.807) is 6.07 Å². The zero-order chi connectivity index (χ0) is 17.0. The quantitative estimate of drug-likeness (QED) is 0.861. The maximum absolute atomic E-state index is 13.1. The number of rotatable bonds is 3. The van der Waals surface area contributed by atoms with Gasteiger partial charge in [0, 0.05) is 19.1 Å². The first kappa shape index (κ1) is 17.2. The van der Waals surface area contributed by atoms with E-state index < -0.39 is 23.9 Å². The molecule has 0 aliphatic carbocycles. The number of hydrogen-bond donors (Lipinski definition) is 1. The Balaban J connectivity index is 1.82. The van der Waals surface area contributed by atoms with Crippen molar-refractivity contribution in [2.45, 2.75) is 31.5 Å². The summed E-state index contributed by atoms with van der Waals surface area (Å²) in [6.07, 6.45) is -4.34. The molecule has 8 heteroatoms. The summed E-state index contributed by atoms with van der Waals surface area (Å²) in [6.45, 7) is 0.522. The average molecular weight is 332 g/mol. The van der Waals surface area contributed by atoms with Crippen molar-refractivity contribution in [1.29, 1.82) is 0 Å². The number of carbonyl (C=O) groups is 2. The highest BCUT2D eigenvalue weighted by molar-refractivity contribution is 5.82. The summed E-state index contributed by atoms with van der Waals surface area (Å²) in [4.78, 5) is 24.5. The molecular weight excluding hydrogens is 316 g/mol. The van der Waals surface area contributed by atoms with Crippen molar-refractivity contribution in [1.82, 2.24) is 10.2 Å². The number of amides is 2. The molecule has 1 aromatic rings. The van der Waals surface area contributed by atoms with Crippen LogP contribution in [0.25, 0.3) is 0 Å². The lowest BCUT2D eigenvalue weighted by Gasteiger charge is -2.32. The zero-order valence-corrected chi connectivity index (χ0v) is 12.2. The summed E-state index contributed by atoms with van der Waals surface area (Å²) in [7, 11) is 0. The lowest BCUT2D eigenvalue weighted by molar-refractivity contribution is -0.174. The maximum Gasteiger partial charge on any atom is 0.471 e. The molecule has 1 N–H and O–H groups in total. The van der Waals surface area contributed by atoms with Crippen LogP contribution in [-0.2, 0) is 16.0 Å². The molecule has 1 heterocycles. The van der Waals surface area contributed by atoms with E-state index in [1.807, 2.05) is 5.32 Å². The minimum atomic E-state index is -4.90. The second kappa shape index (κ2) is 6.97. The van der Waals surface area contributed by atoms with Gasteiger partial charge in [0.05, 0.1) is 6.42 Å². The summed E-state index contributed by atoms with van der Waals surface area (Å²) in [5.41, 5.74) is 0.544. The first-order valence-corrected chi connectivity index (χ1v) is 7.15. The van der Waals surface area contributed by atoms with Crippen molar-refractivity contribution in [3.05, 3.63) is 35.6 Å². The molecule has 0 atom stereocenters. The van der Waals surface area contributed by atoms with Crippen molar-refractivity contribution in [2.75, 3.05) is 13.1 Å². The van der Waals surface area contributed by atoms with E-state index in [4.69, 9.17) is 0 Å². The Labute approximate surface area is 130 Å². The maximum atomic E-state index is 13.1. The van der Waals surface area contributed by atoms with Gasteiger partial charge in [-0.3, -0.25) is 9.59 Å². The van der Waals surface area contributed by atoms with Crippen LogP contribution in [-0.4, -0.2) is 42.0 Å². The number of nitrogens with zero attached hydrogens (tertiary/aromatic N) is 1. The molecule has 0 spiro atoms. The summed E-state index contributed by atoms with van der Waals surface area (Å²) in [5.74, 6) is -2.60. The van der Waals surface area contributed by atoms with Crippen LogP contribution in [0.5, 0.6) is 0 Å². The van der Waals surface area contributed by atoms with Gasteiger partial charge in [-0.25, -0.2) is 4.39 Å². The Morgan fingerprint density at radius 1 is 1.22 bits per heavy atom. The SMILES string of the molecule is O=C(Cc1cccc(F)c1)N1CCC(NC(=O)C(F)(F)F)CC1. The van der Waals surface area contributed by atoms with E-state index in [0.717, 1.165) is 0 Å². The average Bonchev–Trinajstić information content (AvgIpc) is 2.47. The third kappa shape index (κ3) is 4.94. The van der Waals surface area contributed by atoms with Gasteiger partial charge in [-0.05, 0) is 30.5 Å². The van der Waals surface area contributed by atoms with Gasteiger partial charge in [0.1, 0.15) is 5.82 Å². The fourth-order valence-electron chi connectivity index (χ4n) is 2.47. The van der Waals surface area contributed by atoms with E-state index >= 15 is 0 Å². The van der Waals surface area contributed by atoms with Crippen LogP contribution in [0.4, 0.5) is 17.6 Å². The molecule has 2 amide bonds. The predicted octanol–water partition coefficient (Wildman–Crippen LogP) is 2.04. The van der Waals surface area contributed by atoms with Gasteiger partial charge in [-0.15, -0.1) is 0 Å². The number of piperidine rings is 1. The second-order valence-electron chi connectivity index (χ2n) is 5.43. The topological polar surface area (TPSA) is 49.4 Å². The van der Waals surface area contributed by atoms with Crippen molar-refractivity contribution < 1.29 is 27.2 Å². The Kier molecular flexibility index (Phi) is 5.23. The third-order valence-corrected chi connectivity index (χ3v) is 3.68. The number of nitrogens with one attached hydrogen (secondary N) is 1. The minimum Gasteiger partial charge on any atom is -0.345 e. The standard InChI is InChI=1S/C15H16F4N2O2/c16-11-3-1-2-10(8-11)9-13(22)21-6-4-12(5-7-21)20-14(23)15(17,18)19/h1-3,8,12H,4-7,9H2,(H,20,23). The van der Waals surface area contributed by atoms with E-state index in [2.05, 4.69) is 0 Å². The van der Waals surface area contributed by atoms with Gasteiger partial charge in [0.25, 0.3) is 0 Å². The molecule has 0 radical (unpaired) electrons. The predicted molar refractivity (Wildman–Crippen MR) is 73.9 cm³/mol. The number of hydrogen-bond acceptors (Lipinski definition) is 2. The van der Waals surface area contributed by atoms with Crippen molar-refractivity contribution in [2.24, 2.45) is 0 Å². The van der Waals surface area contributed by atoms with Crippen molar-refractivity contribution >= 4 is 11.8 Å². The molecular formula is C15H16F4N2O2. The molecule has 1 aromatic carbocycles. The van der Waals surface area contributed by atoms with E-state index in [0.29, 0.717) is 5.56 Å². The molecule has 0 unspecified atom stereocenters. The molecule has 126 valence electrons. The largest absolute Gasteiger partial charge is 0.471 e. The van der Waals surface area contributed by atoms with Gasteiger partial charge in [0.15, 0.2) is 0 Å². The fraction of sp³-hybridized carbons (Fsp3) is 0.467. The van der Waals surface area contributed by atoms with Crippen LogP contribution in [0.2, 0.25) is 0 Å². The first-order chi connectivity index (χ1) is 10.8. The third-order valence-electron chi connectivity index (χ3n) is 3.68. The normalized spacial score (nSPS) is 16.3. The van der Waals surface area contributed by atoms with Gasteiger partial charge in [-0.2, -0.15) is 13.2 Å². The molecule has 1 aliphatic rings. The summed E-state index contributed by atoms with van der Waals surface area (Å²) >= 11 is 0. The Bertz CT molecular complexity index is 581. The molecule has 1 saturated heterocycles. The lowest BCUT2D eigenvalue weighted by atomic mass is 10.0. The zero-order valence-electron chi connectivity index (χ0n) is 12.2. The van der Waals surface area contributed by atoms with Gasteiger partial charge >= 0.3 is 12.1 Å². The molecule has 1 aliphatic heterocycles. The molecule has 23 heavy (non-hydrogen) atoms. The van der Waals surface area contributed by atoms with Crippen LogP contribution in [0.3, 0.4) is 0 Å². The summed E-state index contributed by atoms with van der Waals surface area (Å²) in [6, 6.07) is 5.10. The molecule has 4 nitrogen and oxygen atoms in total. The van der Waals surface area contributed by atoms with Crippen molar-refractivity contribution in [3.8, 4) is 0 Å². The number of alkyl halides is 3. The van der Waals surface area contributed by atoms with Gasteiger partial charge < -0.3 is 10.2 Å². The van der Waals surface area contributed by atoms with Gasteiger partial charge in [0.2, 0.25) is 5.91 Å². The highest BCUT2D eigenvalue weighted by Gasteiger charge is 2.40. The van der Waals surface area contributed by atoms with Crippen LogP contribution in [0.15, 0.2) is 24.3 Å². The van der Waals surface area contributed by atoms with E-state index in [9.17, 15) is 27.2 Å². The van der Waals surface area contributed by atoms with Crippen LogP contribution in [0.1, 0.15) is 18.4 Å². The summed E-state index contributed by atoms with van der Waals surface area (Å²) in [5, 5.41) is 1.92. The smallest absolute Gasteiger partial charge is 0.345 e. The monoisotopic (exact) mass is 332 g/mol. The summed E-state index contributed by atoms with van der Waals surface area (Å²) < 4.78 is 49.6. The molecule has 0 bridgehead atoms. The number of benzene rings is 1. The van der Waals surface area contributed by atoms with Crippen LogP contribution < -0.4 is 5.32 Å². The molecule has 2 rings (SSSR count). The number of halogens is 4. The molecule has 0 aromatic heterocycles. The Morgan fingerprint density at radius 3 is 2.43 bits per heavy atom. The van der Waals surface area contributed by atoms with Crippen molar-refractivity contribution in [3.63, 3.8) is 0 Å². The van der Waals surface area contributed by atoms with E-state index in [1.165, 1.54) is 23.1 Å². The number of likely N-dealkylation sites (tertiary alicyclic amines) is 1. The highest BCUT2D eigenvalue weighted by Crippen LogP contribution is 2.18. The fourth-order valence-corrected chi connectivity index (χ4v) is 2.47. The Hall–Kier alpha value is -2.12.